The number of nitrogen functional groups attached to an aromatic ring is 1. The van der Waals surface area contributed by atoms with Crippen molar-refractivity contribution in [1.82, 2.24) is 9.13 Å². The molecular weight excluding hydrogens is 395 g/mol. The molecule has 0 amide bonds. The molecule has 1 aromatic heterocycles. The maximum absolute atomic E-state index is 12.8. The molecule has 0 radical (unpaired) electrons. The van der Waals surface area contributed by atoms with Gasteiger partial charge >= 0.3 is 11.9 Å². The summed E-state index contributed by atoms with van der Waals surface area (Å²) in [6.07, 6.45) is -4.49. The number of rotatable bonds is 6. The molecule has 0 bridgehead atoms. The van der Waals surface area contributed by atoms with E-state index in [2.05, 4.69) is 0 Å². The summed E-state index contributed by atoms with van der Waals surface area (Å²) in [5, 5.41) is 0. The number of ketones is 1. The van der Waals surface area contributed by atoms with Crippen LogP contribution in [0.5, 0.6) is 0 Å². The zero-order valence-corrected chi connectivity index (χ0v) is 16.4. The SMILES string of the molecule is CC(C)Cn1c(N)c(C(=O)CSc2cccc(C(F)(F)F)c2)c(=O)n(C)c1=O. The number of anilines is 1. The maximum Gasteiger partial charge on any atom is 0.416 e. The monoisotopic (exact) mass is 415 g/mol. The van der Waals surface area contributed by atoms with E-state index in [9.17, 15) is 27.6 Å². The third kappa shape index (κ3) is 4.67. The van der Waals surface area contributed by atoms with E-state index < -0.39 is 28.8 Å². The van der Waals surface area contributed by atoms with Crippen LogP contribution in [0, 0.1) is 5.92 Å². The molecule has 0 aliphatic heterocycles. The summed E-state index contributed by atoms with van der Waals surface area (Å²) in [5.41, 5.74) is 3.32. The van der Waals surface area contributed by atoms with Crippen LogP contribution in [0.3, 0.4) is 0 Å². The van der Waals surface area contributed by atoms with Crippen molar-refractivity contribution < 1.29 is 18.0 Å². The fraction of sp³-hybridized carbons (Fsp3) is 0.389. The summed E-state index contributed by atoms with van der Waals surface area (Å²) in [7, 11) is 1.25. The number of hydrogen-bond donors (Lipinski definition) is 1. The van der Waals surface area contributed by atoms with Crippen molar-refractivity contribution in [2.75, 3.05) is 11.5 Å². The summed E-state index contributed by atoms with van der Waals surface area (Å²) in [6, 6.07) is 4.54. The Kier molecular flexibility index (Phi) is 6.43. The second-order valence-corrected chi connectivity index (χ2v) is 7.70. The van der Waals surface area contributed by atoms with E-state index >= 15 is 0 Å². The lowest BCUT2D eigenvalue weighted by molar-refractivity contribution is -0.137. The number of alkyl halides is 3. The summed E-state index contributed by atoms with van der Waals surface area (Å²) in [6.45, 7) is 3.92. The highest BCUT2D eigenvalue weighted by Gasteiger charge is 2.30. The minimum atomic E-state index is -4.49. The lowest BCUT2D eigenvalue weighted by Gasteiger charge is -2.16. The van der Waals surface area contributed by atoms with Crippen LogP contribution in [0.25, 0.3) is 0 Å². The number of benzene rings is 1. The first-order valence-electron chi connectivity index (χ1n) is 8.36. The van der Waals surface area contributed by atoms with Crippen LogP contribution in [0.2, 0.25) is 0 Å². The van der Waals surface area contributed by atoms with Gasteiger partial charge in [-0.3, -0.25) is 18.7 Å². The number of halogens is 3. The molecule has 2 aromatic rings. The summed E-state index contributed by atoms with van der Waals surface area (Å²) in [4.78, 5) is 37.5. The predicted octanol–water partition coefficient (Wildman–Crippen LogP) is 2.78. The van der Waals surface area contributed by atoms with Crippen LogP contribution in [0.1, 0.15) is 29.8 Å². The van der Waals surface area contributed by atoms with E-state index in [0.29, 0.717) is 0 Å². The molecule has 0 aliphatic carbocycles. The highest BCUT2D eigenvalue weighted by atomic mass is 32.2. The van der Waals surface area contributed by atoms with Gasteiger partial charge in [0, 0.05) is 18.5 Å². The van der Waals surface area contributed by atoms with Crippen molar-refractivity contribution in [2.24, 2.45) is 13.0 Å². The summed E-state index contributed by atoms with van der Waals surface area (Å²) in [5.74, 6) is -1.13. The van der Waals surface area contributed by atoms with Crippen LogP contribution >= 0.6 is 11.8 Å². The number of nitrogens with zero attached hydrogens (tertiary/aromatic N) is 2. The van der Waals surface area contributed by atoms with E-state index in [0.717, 1.165) is 33.0 Å². The Balaban J connectivity index is 2.34. The standard InChI is InChI=1S/C18H20F3N3O3S/c1-10(2)8-24-15(22)14(16(26)23(3)17(24)27)13(25)9-28-12-6-4-5-11(7-12)18(19,20)21/h4-7,10H,8-9,22H2,1-3H3. The highest BCUT2D eigenvalue weighted by Crippen LogP contribution is 2.32. The third-order valence-electron chi connectivity index (χ3n) is 3.94. The molecule has 0 atom stereocenters. The number of Topliss-reactive ketones (excluding diaryl/α,β-unsaturated/α-hetero) is 1. The average Bonchev–Trinajstić information content (AvgIpc) is 2.61. The maximum atomic E-state index is 12.8. The second-order valence-electron chi connectivity index (χ2n) is 6.65. The zero-order valence-electron chi connectivity index (χ0n) is 15.5. The van der Waals surface area contributed by atoms with Crippen molar-refractivity contribution >= 4 is 23.4 Å². The summed E-state index contributed by atoms with van der Waals surface area (Å²) < 4.78 is 40.4. The fourth-order valence-electron chi connectivity index (χ4n) is 2.57. The minimum Gasteiger partial charge on any atom is -0.384 e. The Labute approximate surface area is 163 Å². The van der Waals surface area contributed by atoms with Gasteiger partial charge in [0.15, 0.2) is 5.78 Å². The van der Waals surface area contributed by atoms with Crippen LogP contribution in [-0.4, -0.2) is 20.7 Å². The normalized spacial score (nSPS) is 11.8. The van der Waals surface area contributed by atoms with Gasteiger partial charge in [-0.05, 0) is 24.1 Å². The molecule has 0 aliphatic rings. The molecule has 1 heterocycles. The van der Waals surface area contributed by atoms with Gasteiger partial charge in [0.25, 0.3) is 5.56 Å². The zero-order chi connectivity index (χ0) is 21.2. The topological polar surface area (TPSA) is 87.1 Å². The number of carbonyl (C=O) groups is 1. The Morgan fingerprint density at radius 1 is 1.25 bits per heavy atom. The van der Waals surface area contributed by atoms with Crippen LogP contribution in [-0.2, 0) is 19.8 Å². The van der Waals surface area contributed by atoms with E-state index in [1.165, 1.54) is 19.2 Å². The first-order valence-corrected chi connectivity index (χ1v) is 9.34. The largest absolute Gasteiger partial charge is 0.416 e. The van der Waals surface area contributed by atoms with Crippen molar-refractivity contribution in [1.29, 1.82) is 0 Å². The third-order valence-corrected chi connectivity index (χ3v) is 4.93. The number of carbonyl (C=O) groups excluding carboxylic acids is 1. The molecular formula is C18H20F3N3O3S. The summed E-state index contributed by atoms with van der Waals surface area (Å²) >= 11 is 0.860. The molecule has 0 fully saturated rings. The fourth-order valence-corrected chi connectivity index (χ4v) is 3.40. The van der Waals surface area contributed by atoms with Gasteiger partial charge in [-0.2, -0.15) is 13.2 Å². The highest BCUT2D eigenvalue weighted by molar-refractivity contribution is 8.00. The molecule has 0 saturated heterocycles. The second kappa shape index (κ2) is 8.26. The van der Waals surface area contributed by atoms with Gasteiger partial charge in [0.2, 0.25) is 0 Å². The minimum absolute atomic E-state index is 0.0416. The predicted molar refractivity (Wildman–Crippen MR) is 102 cm³/mol. The average molecular weight is 415 g/mol. The lowest BCUT2D eigenvalue weighted by Crippen LogP contribution is -2.43. The van der Waals surface area contributed by atoms with Crippen molar-refractivity contribution in [3.63, 3.8) is 0 Å². The van der Waals surface area contributed by atoms with Crippen LogP contribution < -0.4 is 17.0 Å². The van der Waals surface area contributed by atoms with Crippen LogP contribution in [0.4, 0.5) is 19.0 Å². The number of nitrogens with two attached hydrogens (primary N) is 1. The Morgan fingerprint density at radius 2 is 1.89 bits per heavy atom. The number of aromatic nitrogens is 2. The molecule has 2 N–H and O–H groups in total. The molecule has 10 heteroatoms. The van der Waals surface area contributed by atoms with Crippen molar-refractivity contribution in [2.45, 2.75) is 31.5 Å². The van der Waals surface area contributed by atoms with Gasteiger partial charge < -0.3 is 5.73 Å². The first kappa shape index (κ1) is 21.8. The molecule has 152 valence electrons. The van der Waals surface area contributed by atoms with Gasteiger partial charge in [0.1, 0.15) is 11.4 Å². The Hall–Kier alpha value is -2.49. The van der Waals surface area contributed by atoms with Gasteiger partial charge in [0.05, 0.1) is 11.3 Å². The Morgan fingerprint density at radius 3 is 2.46 bits per heavy atom. The van der Waals surface area contributed by atoms with Crippen molar-refractivity contribution in [3.05, 3.63) is 56.2 Å². The van der Waals surface area contributed by atoms with Gasteiger partial charge in [-0.25, -0.2) is 4.79 Å². The molecule has 0 saturated carbocycles. The van der Waals surface area contributed by atoms with Gasteiger partial charge in [-0.15, -0.1) is 11.8 Å². The van der Waals surface area contributed by atoms with Gasteiger partial charge in [-0.1, -0.05) is 19.9 Å². The molecule has 0 unspecified atom stereocenters. The van der Waals surface area contributed by atoms with Crippen molar-refractivity contribution in [3.8, 4) is 0 Å². The smallest absolute Gasteiger partial charge is 0.384 e. The molecule has 6 nitrogen and oxygen atoms in total. The molecule has 0 spiro atoms. The lowest BCUT2D eigenvalue weighted by atomic mass is 10.2. The first-order chi connectivity index (χ1) is 12.9. The van der Waals surface area contributed by atoms with E-state index in [1.54, 1.807) is 0 Å². The van der Waals surface area contributed by atoms with E-state index in [4.69, 9.17) is 5.73 Å². The van der Waals surface area contributed by atoms with E-state index in [1.807, 2.05) is 13.8 Å². The molecule has 2 rings (SSSR count). The molecule has 1 aromatic carbocycles. The number of hydrogen-bond acceptors (Lipinski definition) is 5. The Bertz CT molecular complexity index is 1010. The number of thioether (sulfide) groups is 1. The quantitative estimate of drug-likeness (QED) is 0.579. The van der Waals surface area contributed by atoms with Crippen LogP contribution in [0.15, 0.2) is 38.8 Å². The molecule has 28 heavy (non-hydrogen) atoms. The van der Waals surface area contributed by atoms with E-state index in [-0.39, 0.29) is 34.5 Å².